The van der Waals surface area contributed by atoms with Crippen molar-refractivity contribution in [2.24, 2.45) is 5.73 Å². The maximum absolute atomic E-state index is 6.15. The highest BCUT2D eigenvalue weighted by Gasteiger charge is 2.25. The molecule has 5 rings (SSSR count). The number of nitrogens with two attached hydrogens (primary N) is 1. The summed E-state index contributed by atoms with van der Waals surface area (Å²) < 4.78 is 1.81. The molecule has 3 N–H and O–H groups in total. The third kappa shape index (κ3) is 2.75. The molecule has 0 aliphatic heterocycles. The molecule has 0 radical (unpaired) electrons. The van der Waals surface area contributed by atoms with Crippen LogP contribution in [-0.2, 0) is 12.8 Å². The SMILES string of the molecule is Cc1cc(-c2n[nH]c(-c3nc4c(s3)CC(N)CC4)c2C(C)C)cn2ncnc12. The molecule has 1 unspecified atom stereocenters. The summed E-state index contributed by atoms with van der Waals surface area (Å²) in [6.07, 6.45) is 6.47. The van der Waals surface area contributed by atoms with Crippen LogP contribution >= 0.6 is 11.3 Å². The second kappa shape index (κ2) is 6.49. The van der Waals surface area contributed by atoms with E-state index in [1.54, 1.807) is 17.7 Å². The van der Waals surface area contributed by atoms with Gasteiger partial charge in [0, 0.05) is 28.2 Å². The van der Waals surface area contributed by atoms with Gasteiger partial charge in [0.2, 0.25) is 0 Å². The second-order valence-corrected chi connectivity index (χ2v) is 8.93. The van der Waals surface area contributed by atoms with E-state index in [0.29, 0.717) is 5.92 Å². The Balaban J connectivity index is 1.64. The Labute approximate surface area is 167 Å². The van der Waals surface area contributed by atoms with Crippen molar-refractivity contribution in [3.05, 3.63) is 40.3 Å². The van der Waals surface area contributed by atoms with Gasteiger partial charge in [-0.15, -0.1) is 11.3 Å². The van der Waals surface area contributed by atoms with Crippen LogP contribution < -0.4 is 5.73 Å². The lowest BCUT2D eigenvalue weighted by molar-refractivity contribution is 0.576. The quantitative estimate of drug-likeness (QED) is 0.555. The van der Waals surface area contributed by atoms with E-state index in [4.69, 9.17) is 15.8 Å². The Morgan fingerprint density at radius 2 is 2.21 bits per heavy atom. The summed E-state index contributed by atoms with van der Waals surface area (Å²) >= 11 is 1.75. The molecule has 0 spiro atoms. The summed E-state index contributed by atoms with van der Waals surface area (Å²) in [7, 11) is 0. The largest absolute Gasteiger partial charge is 0.327 e. The molecule has 0 bridgehead atoms. The van der Waals surface area contributed by atoms with Crippen LogP contribution in [0.5, 0.6) is 0 Å². The number of H-pyrrole nitrogens is 1. The minimum Gasteiger partial charge on any atom is -0.327 e. The molecule has 4 aromatic rings. The highest BCUT2D eigenvalue weighted by atomic mass is 32.1. The normalized spacial score (nSPS) is 16.8. The first-order chi connectivity index (χ1) is 13.5. The minimum absolute atomic E-state index is 0.250. The maximum atomic E-state index is 6.15. The molecule has 1 atom stereocenters. The van der Waals surface area contributed by atoms with Crippen molar-refractivity contribution in [1.82, 2.24) is 29.8 Å². The zero-order valence-corrected chi connectivity index (χ0v) is 17.0. The lowest BCUT2D eigenvalue weighted by atomic mass is 9.96. The Hall–Kier alpha value is -2.58. The highest BCUT2D eigenvalue weighted by molar-refractivity contribution is 7.15. The molecule has 0 fully saturated rings. The summed E-state index contributed by atoms with van der Waals surface area (Å²) in [5.41, 5.74) is 13.5. The van der Waals surface area contributed by atoms with Gasteiger partial charge in [0.15, 0.2) is 5.65 Å². The number of nitrogens with one attached hydrogen (secondary N) is 1. The molecular formula is C20H23N7S. The van der Waals surface area contributed by atoms with Crippen LogP contribution in [0.25, 0.3) is 27.6 Å². The third-order valence-corrected chi connectivity index (χ3v) is 6.54. The summed E-state index contributed by atoms with van der Waals surface area (Å²) in [6.45, 7) is 6.44. The van der Waals surface area contributed by atoms with Crippen LogP contribution in [0.1, 0.15) is 47.9 Å². The van der Waals surface area contributed by atoms with Crippen LogP contribution in [0.4, 0.5) is 0 Å². The molecule has 0 aromatic carbocycles. The second-order valence-electron chi connectivity index (χ2n) is 7.85. The summed E-state index contributed by atoms with van der Waals surface area (Å²) in [4.78, 5) is 10.6. The van der Waals surface area contributed by atoms with Crippen LogP contribution in [-0.4, -0.2) is 35.8 Å². The Morgan fingerprint density at radius 1 is 1.36 bits per heavy atom. The van der Waals surface area contributed by atoms with Gasteiger partial charge in [-0.25, -0.2) is 14.5 Å². The van der Waals surface area contributed by atoms with E-state index in [0.717, 1.165) is 52.4 Å². The van der Waals surface area contributed by atoms with Gasteiger partial charge in [-0.3, -0.25) is 5.10 Å². The standard InChI is InChI=1S/C20H23N7S/c1-10(2)16-17(12-6-11(3)19-22-9-23-27(19)8-12)25-26-18(16)20-24-14-5-4-13(21)7-15(14)28-20/h6,8-10,13H,4-5,7,21H2,1-3H3,(H,25,26). The van der Waals surface area contributed by atoms with Crippen LogP contribution in [0.2, 0.25) is 0 Å². The molecule has 0 saturated heterocycles. The molecule has 8 heteroatoms. The smallest absolute Gasteiger partial charge is 0.158 e. The molecule has 144 valence electrons. The zero-order valence-electron chi connectivity index (χ0n) is 16.2. The molecule has 0 amide bonds. The first kappa shape index (κ1) is 17.5. The number of nitrogens with zero attached hydrogens (tertiary/aromatic N) is 5. The van der Waals surface area contributed by atoms with Crippen LogP contribution in [0.3, 0.4) is 0 Å². The van der Waals surface area contributed by atoms with Crippen LogP contribution in [0.15, 0.2) is 18.6 Å². The first-order valence-electron chi connectivity index (χ1n) is 9.64. The molecule has 1 aliphatic carbocycles. The maximum Gasteiger partial charge on any atom is 0.158 e. The molecule has 4 aromatic heterocycles. The van der Waals surface area contributed by atoms with Gasteiger partial charge in [-0.05, 0) is 43.7 Å². The van der Waals surface area contributed by atoms with Gasteiger partial charge < -0.3 is 5.73 Å². The average Bonchev–Trinajstić information content (AvgIpc) is 3.37. The Kier molecular flexibility index (Phi) is 4.06. The van der Waals surface area contributed by atoms with Gasteiger partial charge in [-0.1, -0.05) is 13.8 Å². The Morgan fingerprint density at radius 3 is 3.04 bits per heavy atom. The summed E-state index contributed by atoms with van der Waals surface area (Å²) in [5, 5.41) is 13.3. The Bertz CT molecular complexity index is 1170. The first-order valence-corrected chi connectivity index (χ1v) is 10.5. The lowest BCUT2D eigenvalue weighted by Crippen LogP contribution is -2.26. The molecule has 28 heavy (non-hydrogen) atoms. The number of hydrogen-bond acceptors (Lipinski definition) is 6. The number of aryl methyl sites for hydroxylation is 2. The monoisotopic (exact) mass is 393 g/mol. The van der Waals surface area contributed by atoms with Gasteiger partial charge in [0.25, 0.3) is 0 Å². The van der Waals surface area contributed by atoms with E-state index in [1.165, 1.54) is 16.1 Å². The summed E-state index contributed by atoms with van der Waals surface area (Å²) in [6, 6.07) is 2.38. The highest BCUT2D eigenvalue weighted by Crippen LogP contribution is 2.39. The van der Waals surface area contributed by atoms with E-state index in [1.807, 2.05) is 17.6 Å². The average molecular weight is 394 g/mol. The number of hydrogen-bond donors (Lipinski definition) is 2. The molecule has 4 heterocycles. The molecule has 1 aliphatic rings. The van der Waals surface area contributed by atoms with Crippen molar-refractivity contribution in [1.29, 1.82) is 0 Å². The number of aromatic amines is 1. The van der Waals surface area contributed by atoms with Crippen LogP contribution in [0, 0.1) is 6.92 Å². The topological polar surface area (TPSA) is 97.8 Å². The van der Waals surface area contributed by atoms with E-state index >= 15 is 0 Å². The third-order valence-electron chi connectivity index (χ3n) is 5.41. The zero-order chi connectivity index (χ0) is 19.4. The molecular weight excluding hydrogens is 370 g/mol. The minimum atomic E-state index is 0.250. The van der Waals surface area contributed by atoms with Crippen molar-refractivity contribution in [2.75, 3.05) is 0 Å². The fourth-order valence-electron chi connectivity index (χ4n) is 4.03. The number of pyridine rings is 1. The predicted molar refractivity (Wildman–Crippen MR) is 111 cm³/mol. The van der Waals surface area contributed by atoms with Gasteiger partial charge >= 0.3 is 0 Å². The fraction of sp³-hybridized carbons (Fsp3) is 0.400. The van der Waals surface area contributed by atoms with Crippen molar-refractivity contribution in [3.8, 4) is 22.0 Å². The number of aromatic nitrogens is 6. The van der Waals surface area contributed by atoms with E-state index < -0.39 is 0 Å². The van der Waals surface area contributed by atoms with Crippen molar-refractivity contribution >= 4 is 17.0 Å². The molecule has 7 nitrogen and oxygen atoms in total. The van der Waals surface area contributed by atoms with Gasteiger partial charge in [-0.2, -0.15) is 10.2 Å². The van der Waals surface area contributed by atoms with E-state index in [-0.39, 0.29) is 6.04 Å². The number of rotatable bonds is 3. The van der Waals surface area contributed by atoms with E-state index in [9.17, 15) is 0 Å². The van der Waals surface area contributed by atoms with Gasteiger partial charge in [0.1, 0.15) is 11.3 Å². The van der Waals surface area contributed by atoms with Crippen molar-refractivity contribution in [3.63, 3.8) is 0 Å². The van der Waals surface area contributed by atoms with Gasteiger partial charge in [0.05, 0.1) is 17.1 Å². The van der Waals surface area contributed by atoms with Crippen molar-refractivity contribution < 1.29 is 0 Å². The fourth-order valence-corrected chi connectivity index (χ4v) is 5.24. The predicted octanol–water partition coefficient (Wildman–Crippen LogP) is 3.49. The number of fused-ring (bicyclic) bond motifs is 2. The lowest BCUT2D eigenvalue weighted by Gasteiger charge is -2.15. The molecule has 0 saturated carbocycles. The van der Waals surface area contributed by atoms with Crippen molar-refractivity contribution in [2.45, 2.75) is 52.0 Å². The number of thiazole rings is 1. The van der Waals surface area contributed by atoms with E-state index in [2.05, 4.69) is 35.1 Å². The summed E-state index contributed by atoms with van der Waals surface area (Å²) in [5.74, 6) is 0.304.